The van der Waals surface area contributed by atoms with Gasteiger partial charge in [-0.25, -0.2) is 0 Å². The van der Waals surface area contributed by atoms with E-state index in [1.807, 2.05) is 30.3 Å². The van der Waals surface area contributed by atoms with Gasteiger partial charge >= 0.3 is 0 Å². The minimum atomic E-state index is 0.231. The van der Waals surface area contributed by atoms with Crippen molar-refractivity contribution >= 4 is 28.8 Å². The van der Waals surface area contributed by atoms with Gasteiger partial charge in [0.15, 0.2) is 11.5 Å². The number of oxime groups is 1. The van der Waals surface area contributed by atoms with Gasteiger partial charge in [-0.15, -0.1) is 0 Å². The number of ether oxygens (including phenoxy) is 2. The van der Waals surface area contributed by atoms with Crippen LogP contribution in [0, 0.1) is 14.9 Å². The lowest BCUT2D eigenvalue weighted by Crippen LogP contribution is -2.00. The van der Waals surface area contributed by atoms with E-state index in [2.05, 4.69) is 40.4 Å². The SMILES string of the molecule is C=CCOc1c(I)cc(/C=N/OCc2ccccc2C#N)cc1OC. The smallest absolute Gasteiger partial charge is 0.174 e. The van der Waals surface area contributed by atoms with E-state index in [1.54, 1.807) is 25.5 Å². The normalized spacial score (nSPS) is 10.3. The van der Waals surface area contributed by atoms with Crippen LogP contribution in [-0.2, 0) is 11.4 Å². The molecule has 25 heavy (non-hydrogen) atoms. The summed E-state index contributed by atoms with van der Waals surface area (Å²) in [6, 6.07) is 13.1. The molecule has 0 fully saturated rings. The third-order valence-electron chi connectivity index (χ3n) is 3.23. The predicted molar refractivity (Wildman–Crippen MR) is 105 cm³/mol. The Morgan fingerprint density at radius 1 is 1.32 bits per heavy atom. The summed E-state index contributed by atoms with van der Waals surface area (Å²) in [7, 11) is 1.59. The number of nitrogens with zero attached hydrogens (tertiary/aromatic N) is 2. The van der Waals surface area contributed by atoms with Gasteiger partial charge in [-0.3, -0.25) is 0 Å². The Kier molecular flexibility index (Phi) is 7.29. The molecule has 0 bridgehead atoms. The van der Waals surface area contributed by atoms with Gasteiger partial charge < -0.3 is 14.3 Å². The van der Waals surface area contributed by atoms with E-state index in [0.29, 0.717) is 23.7 Å². The van der Waals surface area contributed by atoms with Gasteiger partial charge in [0.1, 0.15) is 13.2 Å². The fourth-order valence-electron chi connectivity index (χ4n) is 2.06. The van der Waals surface area contributed by atoms with Crippen molar-refractivity contribution < 1.29 is 14.3 Å². The summed E-state index contributed by atoms with van der Waals surface area (Å²) in [5, 5.41) is 13.0. The topological polar surface area (TPSA) is 63.8 Å². The first-order valence-corrected chi connectivity index (χ1v) is 8.52. The second kappa shape index (κ2) is 9.69. The van der Waals surface area contributed by atoms with Crippen LogP contribution in [0.25, 0.3) is 0 Å². The molecule has 0 atom stereocenters. The Balaban J connectivity index is 2.07. The summed E-state index contributed by atoms with van der Waals surface area (Å²) in [5.74, 6) is 1.29. The summed E-state index contributed by atoms with van der Waals surface area (Å²) < 4.78 is 11.9. The number of methoxy groups -OCH3 is 1. The number of hydrogen-bond donors (Lipinski definition) is 0. The summed E-state index contributed by atoms with van der Waals surface area (Å²) >= 11 is 2.18. The van der Waals surface area contributed by atoms with Crippen LogP contribution in [-0.4, -0.2) is 19.9 Å². The highest BCUT2D eigenvalue weighted by atomic mass is 127. The quantitative estimate of drug-likeness (QED) is 0.262. The molecule has 0 amide bonds. The molecule has 6 heteroatoms. The molecule has 0 aliphatic rings. The zero-order chi connectivity index (χ0) is 18.1. The van der Waals surface area contributed by atoms with Crippen molar-refractivity contribution in [1.82, 2.24) is 0 Å². The number of halogens is 1. The monoisotopic (exact) mass is 448 g/mol. The Hall–Kier alpha value is -2.53. The van der Waals surface area contributed by atoms with Crippen LogP contribution in [0.3, 0.4) is 0 Å². The first-order valence-electron chi connectivity index (χ1n) is 7.44. The predicted octanol–water partition coefficient (Wildman–Crippen LogP) is 4.29. The fraction of sp³-hybridized carbons (Fsp3) is 0.158. The molecule has 5 nitrogen and oxygen atoms in total. The lowest BCUT2D eigenvalue weighted by atomic mass is 10.1. The zero-order valence-corrected chi connectivity index (χ0v) is 15.9. The van der Waals surface area contributed by atoms with Gasteiger partial charge in [0.05, 0.1) is 28.5 Å². The van der Waals surface area contributed by atoms with Crippen LogP contribution in [0.4, 0.5) is 0 Å². The molecule has 2 aromatic carbocycles. The van der Waals surface area contributed by atoms with Crippen molar-refractivity contribution in [2.75, 3.05) is 13.7 Å². The van der Waals surface area contributed by atoms with Crippen LogP contribution in [0.2, 0.25) is 0 Å². The maximum Gasteiger partial charge on any atom is 0.174 e. The molecular weight excluding hydrogens is 431 g/mol. The van der Waals surface area contributed by atoms with Crippen molar-refractivity contribution in [3.05, 3.63) is 69.3 Å². The number of nitriles is 1. The van der Waals surface area contributed by atoms with E-state index in [4.69, 9.17) is 19.6 Å². The lowest BCUT2D eigenvalue weighted by molar-refractivity contribution is 0.132. The molecule has 0 N–H and O–H groups in total. The number of benzene rings is 2. The van der Waals surface area contributed by atoms with Gasteiger partial charge in [-0.05, 0) is 40.8 Å². The molecule has 0 aliphatic carbocycles. The first-order chi connectivity index (χ1) is 12.2. The molecule has 0 saturated carbocycles. The molecule has 2 aromatic rings. The third kappa shape index (κ3) is 5.22. The summed E-state index contributed by atoms with van der Waals surface area (Å²) in [5.41, 5.74) is 2.20. The molecule has 0 saturated heterocycles. The average Bonchev–Trinajstić information content (AvgIpc) is 2.64. The number of hydrogen-bond acceptors (Lipinski definition) is 5. The molecular formula is C19H17IN2O3. The van der Waals surface area contributed by atoms with E-state index >= 15 is 0 Å². The minimum absolute atomic E-state index is 0.231. The second-order valence-corrected chi connectivity index (χ2v) is 6.07. The highest BCUT2D eigenvalue weighted by molar-refractivity contribution is 14.1. The summed E-state index contributed by atoms with van der Waals surface area (Å²) in [4.78, 5) is 5.31. The van der Waals surface area contributed by atoms with Crippen LogP contribution in [0.15, 0.2) is 54.2 Å². The minimum Gasteiger partial charge on any atom is -0.493 e. The average molecular weight is 448 g/mol. The van der Waals surface area contributed by atoms with E-state index in [9.17, 15) is 0 Å². The molecule has 128 valence electrons. The first kappa shape index (κ1) is 18.8. The largest absolute Gasteiger partial charge is 0.493 e. The maximum atomic E-state index is 9.05. The maximum absolute atomic E-state index is 9.05. The highest BCUT2D eigenvalue weighted by Crippen LogP contribution is 2.33. The molecule has 0 unspecified atom stereocenters. The molecule has 0 aromatic heterocycles. The summed E-state index contributed by atoms with van der Waals surface area (Å²) in [6.07, 6.45) is 3.27. The van der Waals surface area contributed by atoms with E-state index < -0.39 is 0 Å². The van der Waals surface area contributed by atoms with Crippen LogP contribution in [0.1, 0.15) is 16.7 Å². The van der Waals surface area contributed by atoms with Crippen molar-refractivity contribution in [3.63, 3.8) is 0 Å². The highest BCUT2D eigenvalue weighted by Gasteiger charge is 2.10. The van der Waals surface area contributed by atoms with Gasteiger partial charge in [-0.1, -0.05) is 36.0 Å². The van der Waals surface area contributed by atoms with Crippen molar-refractivity contribution in [2.24, 2.45) is 5.16 Å². The third-order valence-corrected chi connectivity index (χ3v) is 4.03. The summed E-state index contributed by atoms with van der Waals surface area (Å²) in [6.45, 7) is 4.27. The van der Waals surface area contributed by atoms with Crippen LogP contribution in [0.5, 0.6) is 11.5 Å². The van der Waals surface area contributed by atoms with Gasteiger partial charge in [0.25, 0.3) is 0 Å². The van der Waals surface area contributed by atoms with E-state index in [-0.39, 0.29) is 6.61 Å². The number of rotatable bonds is 8. The lowest BCUT2D eigenvalue weighted by Gasteiger charge is -2.12. The molecule has 0 heterocycles. The molecule has 0 aliphatic heterocycles. The zero-order valence-electron chi connectivity index (χ0n) is 13.7. The fourth-order valence-corrected chi connectivity index (χ4v) is 2.84. The Morgan fingerprint density at radius 3 is 2.84 bits per heavy atom. The van der Waals surface area contributed by atoms with Gasteiger partial charge in [-0.2, -0.15) is 5.26 Å². The van der Waals surface area contributed by atoms with Gasteiger partial charge in [0.2, 0.25) is 0 Å². The molecule has 0 radical (unpaired) electrons. The van der Waals surface area contributed by atoms with Crippen LogP contribution >= 0.6 is 22.6 Å². The van der Waals surface area contributed by atoms with Crippen molar-refractivity contribution in [2.45, 2.75) is 6.61 Å². The molecule has 2 rings (SSSR count). The second-order valence-electron chi connectivity index (χ2n) is 4.91. The standard InChI is InChI=1S/C19H17IN2O3/c1-3-8-24-19-17(20)9-14(10-18(19)23-2)12-22-25-13-16-7-5-4-6-15(16)11-21/h3-7,9-10,12H,1,8,13H2,2H3/b22-12+. The molecule has 0 spiro atoms. The van der Waals surface area contributed by atoms with E-state index in [1.165, 1.54) is 0 Å². The Bertz CT molecular complexity index is 813. The Morgan fingerprint density at radius 2 is 2.12 bits per heavy atom. The van der Waals surface area contributed by atoms with Crippen molar-refractivity contribution in [3.8, 4) is 17.6 Å². The van der Waals surface area contributed by atoms with Crippen LogP contribution < -0.4 is 9.47 Å². The van der Waals surface area contributed by atoms with Gasteiger partial charge in [0, 0.05) is 11.1 Å². The van der Waals surface area contributed by atoms with Crippen molar-refractivity contribution in [1.29, 1.82) is 5.26 Å². The van der Waals surface area contributed by atoms with E-state index in [0.717, 1.165) is 14.7 Å². The Labute approximate surface area is 160 Å².